The highest BCUT2D eigenvalue weighted by Gasteiger charge is 2.33. The van der Waals surface area contributed by atoms with Crippen molar-refractivity contribution in [2.24, 2.45) is 0 Å². The Kier molecular flexibility index (Phi) is 6.32. The summed E-state index contributed by atoms with van der Waals surface area (Å²) in [6.45, 7) is 2.71. The van der Waals surface area contributed by atoms with E-state index < -0.39 is 5.60 Å². The molecule has 0 saturated carbocycles. The minimum Gasteiger partial charge on any atom is -0.388 e. The summed E-state index contributed by atoms with van der Waals surface area (Å²) in [5, 5.41) is 14.2. The number of likely N-dealkylation sites (tertiary alicyclic amines) is 1. The summed E-state index contributed by atoms with van der Waals surface area (Å²) in [5.41, 5.74) is 1.06. The molecule has 4 rings (SSSR count). The highest BCUT2D eigenvalue weighted by molar-refractivity contribution is 9.10. The largest absolute Gasteiger partial charge is 0.388 e. The Bertz CT molecular complexity index is 1030. The van der Waals surface area contributed by atoms with E-state index in [0.29, 0.717) is 18.7 Å². The number of aromatic nitrogens is 2. The van der Waals surface area contributed by atoms with E-state index in [4.69, 9.17) is 0 Å². The molecule has 0 bridgehead atoms. The second-order valence-electron chi connectivity index (χ2n) is 7.86. The fourth-order valence-electron chi connectivity index (χ4n) is 3.73. The van der Waals surface area contributed by atoms with Crippen LogP contribution < -0.4 is 10.9 Å². The van der Waals surface area contributed by atoms with Crippen LogP contribution in [0.1, 0.15) is 18.4 Å². The molecule has 0 unspecified atom stereocenters. The van der Waals surface area contributed by atoms with Crippen molar-refractivity contribution < 1.29 is 5.11 Å². The summed E-state index contributed by atoms with van der Waals surface area (Å²) in [6.07, 6.45) is 2.76. The van der Waals surface area contributed by atoms with Gasteiger partial charge in [-0.3, -0.25) is 14.3 Å². The molecule has 0 atom stereocenters. The van der Waals surface area contributed by atoms with Crippen LogP contribution in [0.3, 0.4) is 0 Å². The molecule has 6 nitrogen and oxygen atoms in total. The summed E-state index contributed by atoms with van der Waals surface area (Å²) in [5.74, 6) is 0.499. The third-order valence-electron chi connectivity index (χ3n) is 5.50. The molecule has 1 aliphatic rings. The molecule has 3 aromatic rings. The van der Waals surface area contributed by atoms with Gasteiger partial charge in [0, 0.05) is 35.9 Å². The quantitative estimate of drug-likeness (QED) is 0.575. The van der Waals surface area contributed by atoms with Gasteiger partial charge in [-0.15, -0.1) is 0 Å². The van der Waals surface area contributed by atoms with Gasteiger partial charge in [0.25, 0.3) is 5.56 Å². The summed E-state index contributed by atoms with van der Waals surface area (Å²) in [6, 6.07) is 19.4. The lowest BCUT2D eigenvalue weighted by Gasteiger charge is -2.38. The van der Waals surface area contributed by atoms with E-state index >= 15 is 0 Å². The first-order valence-corrected chi connectivity index (χ1v) is 10.9. The van der Waals surface area contributed by atoms with E-state index in [0.717, 1.165) is 29.8 Å². The number of halogens is 1. The maximum Gasteiger partial charge on any atom is 0.255 e. The molecule has 30 heavy (non-hydrogen) atoms. The van der Waals surface area contributed by atoms with E-state index in [-0.39, 0.29) is 12.1 Å². The van der Waals surface area contributed by atoms with Crippen LogP contribution >= 0.6 is 15.9 Å². The maximum atomic E-state index is 12.5. The van der Waals surface area contributed by atoms with Gasteiger partial charge in [-0.05, 0) is 42.7 Å². The number of rotatable bonds is 6. The fourth-order valence-corrected chi connectivity index (χ4v) is 4.00. The van der Waals surface area contributed by atoms with Crippen LogP contribution in [0, 0.1) is 0 Å². The Morgan fingerprint density at radius 2 is 1.77 bits per heavy atom. The molecule has 1 aromatic heterocycles. The van der Waals surface area contributed by atoms with Crippen molar-refractivity contribution in [3.05, 3.63) is 87.4 Å². The topological polar surface area (TPSA) is 70.4 Å². The predicted octanol–water partition coefficient (Wildman–Crippen LogP) is 3.78. The Hall–Kier alpha value is -2.48. The second-order valence-corrected chi connectivity index (χ2v) is 8.77. The molecular formula is C23H25BrN4O2. The number of hydrogen-bond acceptors (Lipinski definition) is 5. The molecule has 2 aromatic carbocycles. The van der Waals surface area contributed by atoms with E-state index in [1.807, 2.05) is 42.5 Å². The molecule has 0 amide bonds. The van der Waals surface area contributed by atoms with E-state index in [1.54, 1.807) is 0 Å². The number of para-hydroxylation sites is 1. The molecule has 0 aliphatic carbocycles. The smallest absolute Gasteiger partial charge is 0.255 e. The van der Waals surface area contributed by atoms with Gasteiger partial charge in [0.1, 0.15) is 5.82 Å². The summed E-state index contributed by atoms with van der Waals surface area (Å²) >= 11 is 3.46. The standard InChI is InChI=1S/C23H25BrN4O2/c24-19-8-6-18(7-9-19)15-27-12-10-23(30,11-13-27)16-28-17-25-21(14-22(28)29)26-20-4-2-1-3-5-20/h1-9,14,17,26,30H,10-13,15-16H2. The Morgan fingerprint density at radius 3 is 2.43 bits per heavy atom. The first-order chi connectivity index (χ1) is 14.5. The van der Waals surface area contributed by atoms with Crippen molar-refractivity contribution in [1.29, 1.82) is 0 Å². The third kappa shape index (κ3) is 5.36. The SMILES string of the molecule is O=c1cc(Nc2ccccc2)ncn1CC1(O)CCN(Cc2ccc(Br)cc2)CC1. The van der Waals surface area contributed by atoms with Crippen molar-refractivity contribution in [2.75, 3.05) is 18.4 Å². The molecule has 1 aliphatic heterocycles. The van der Waals surface area contributed by atoms with Crippen molar-refractivity contribution in [2.45, 2.75) is 31.5 Å². The van der Waals surface area contributed by atoms with Crippen LogP contribution in [-0.2, 0) is 13.1 Å². The van der Waals surface area contributed by atoms with Crippen molar-refractivity contribution >= 4 is 27.4 Å². The summed E-state index contributed by atoms with van der Waals surface area (Å²) in [7, 11) is 0. The number of nitrogens with one attached hydrogen (secondary N) is 1. The number of nitrogens with zero attached hydrogens (tertiary/aromatic N) is 3. The van der Waals surface area contributed by atoms with Gasteiger partial charge in [0.15, 0.2) is 0 Å². The molecule has 1 fully saturated rings. The predicted molar refractivity (Wildman–Crippen MR) is 122 cm³/mol. The molecule has 0 spiro atoms. The third-order valence-corrected chi connectivity index (χ3v) is 6.03. The lowest BCUT2D eigenvalue weighted by atomic mass is 9.91. The molecule has 156 valence electrons. The molecule has 2 N–H and O–H groups in total. The fraction of sp³-hybridized carbons (Fsp3) is 0.304. The van der Waals surface area contributed by atoms with Crippen molar-refractivity contribution in [3.63, 3.8) is 0 Å². The average molecular weight is 469 g/mol. The van der Waals surface area contributed by atoms with Gasteiger partial charge in [-0.2, -0.15) is 0 Å². The van der Waals surface area contributed by atoms with Crippen LogP contribution in [-0.4, -0.2) is 38.2 Å². The molecule has 2 heterocycles. The molecular weight excluding hydrogens is 444 g/mol. The van der Waals surface area contributed by atoms with E-state index in [9.17, 15) is 9.90 Å². The minimum absolute atomic E-state index is 0.172. The summed E-state index contributed by atoms with van der Waals surface area (Å²) < 4.78 is 2.57. The van der Waals surface area contributed by atoms with Crippen LogP contribution in [0.4, 0.5) is 11.5 Å². The first-order valence-electron chi connectivity index (χ1n) is 10.1. The van der Waals surface area contributed by atoms with E-state index in [2.05, 4.69) is 43.3 Å². The van der Waals surface area contributed by atoms with Gasteiger partial charge < -0.3 is 10.4 Å². The number of aliphatic hydroxyl groups is 1. The molecule has 1 saturated heterocycles. The zero-order chi connectivity index (χ0) is 21.0. The number of anilines is 2. The molecule has 7 heteroatoms. The van der Waals surface area contributed by atoms with Gasteiger partial charge in [-0.1, -0.05) is 46.3 Å². The van der Waals surface area contributed by atoms with Crippen LogP contribution in [0.25, 0.3) is 0 Å². The first kappa shape index (κ1) is 20.8. The zero-order valence-corrected chi connectivity index (χ0v) is 18.3. The van der Waals surface area contributed by atoms with Crippen molar-refractivity contribution in [1.82, 2.24) is 14.5 Å². The Labute approximate surface area is 184 Å². The van der Waals surface area contributed by atoms with Gasteiger partial charge >= 0.3 is 0 Å². The summed E-state index contributed by atoms with van der Waals surface area (Å²) in [4.78, 5) is 19.2. The van der Waals surface area contributed by atoms with Crippen LogP contribution in [0.5, 0.6) is 0 Å². The monoisotopic (exact) mass is 468 g/mol. The maximum absolute atomic E-state index is 12.5. The minimum atomic E-state index is -0.893. The lowest BCUT2D eigenvalue weighted by molar-refractivity contribution is -0.0365. The van der Waals surface area contributed by atoms with E-state index in [1.165, 1.54) is 22.5 Å². The number of hydrogen-bond donors (Lipinski definition) is 2. The van der Waals surface area contributed by atoms with Crippen LogP contribution in [0.15, 0.2) is 76.3 Å². The highest BCUT2D eigenvalue weighted by atomic mass is 79.9. The molecule has 0 radical (unpaired) electrons. The average Bonchev–Trinajstić information content (AvgIpc) is 2.74. The van der Waals surface area contributed by atoms with Crippen molar-refractivity contribution in [3.8, 4) is 0 Å². The second kappa shape index (κ2) is 9.12. The number of benzene rings is 2. The van der Waals surface area contributed by atoms with Gasteiger partial charge in [-0.25, -0.2) is 4.98 Å². The Morgan fingerprint density at radius 1 is 1.07 bits per heavy atom. The number of piperidine rings is 1. The highest BCUT2D eigenvalue weighted by Crippen LogP contribution is 2.25. The normalized spacial score (nSPS) is 16.3. The van der Waals surface area contributed by atoms with Gasteiger partial charge in [0.2, 0.25) is 0 Å². The lowest BCUT2D eigenvalue weighted by Crippen LogP contribution is -2.47. The van der Waals surface area contributed by atoms with Gasteiger partial charge in [0.05, 0.1) is 18.5 Å². The van der Waals surface area contributed by atoms with Crippen LogP contribution in [0.2, 0.25) is 0 Å². The zero-order valence-electron chi connectivity index (χ0n) is 16.7. The Balaban J connectivity index is 1.35.